The maximum absolute atomic E-state index is 10.9. The summed E-state index contributed by atoms with van der Waals surface area (Å²) in [4.78, 5) is 15.1. The SMILES string of the molecule is CCc1ncn2c1CC(C(=O)O)CC2. The number of hydrogen-bond acceptors (Lipinski definition) is 2. The predicted molar refractivity (Wildman–Crippen MR) is 51.1 cm³/mol. The van der Waals surface area contributed by atoms with Crippen LogP contribution >= 0.6 is 0 Å². The third kappa shape index (κ3) is 1.41. The molecule has 0 aromatic carbocycles. The zero-order chi connectivity index (χ0) is 10.1. The van der Waals surface area contributed by atoms with Gasteiger partial charge >= 0.3 is 5.97 Å². The van der Waals surface area contributed by atoms with Crippen LogP contribution in [0, 0.1) is 5.92 Å². The van der Waals surface area contributed by atoms with E-state index in [2.05, 4.69) is 9.55 Å². The van der Waals surface area contributed by atoms with E-state index in [0.717, 1.165) is 30.8 Å². The molecule has 0 saturated heterocycles. The van der Waals surface area contributed by atoms with Crippen molar-refractivity contribution < 1.29 is 9.90 Å². The van der Waals surface area contributed by atoms with Crippen LogP contribution < -0.4 is 0 Å². The average Bonchev–Trinajstić information content (AvgIpc) is 2.59. The van der Waals surface area contributed by atoms with Crippen LogP contribution in [0.25, 0.3) is 0 Å². The zero-order valence-corrected chi connectivity index (χ0v) is 8.23. The first-order valence-electron chi connectivity index (χ1n) is 4.98. The van der Waals surface area contributed by atoms with E-state index in [4.69, 9.17) is 5.11 Å². The molecule has 1 aromatic heterocycles. The van der Waals surface area contributed by atoms with E-state index >= 15 is 0 Å². The van der Waals surface area contributed by atoms with Gasteiger partial charge in [-0.05, 0) is 12.8 Å². The predicted octanol–water partition coefficient (Wildman–Crippen LogP) is 1.09. The van der Waals surface area contributed by atoms with Gasteiger partial charge in [0, 0.05) is 18.7 Å². The second-order valence-corrected chi connectivity index (χ2v) is 3.71. The lowest BCUT2D eigenvalue weighted by atomic mass is 9.95. The number of aromatic nitrogens is 2. The molecule has 4 heteroatoms. The highest BCUT2D eigenvalue weighted by Crippen LogP contribution is 2.23. The lowest BCUT2D eigenvalue weighted by molar-refractivity contribution is -0.142. The van der Waals surface area contributed by atoms with Crippen molar-refractivity contribution >= 4 is 5.97 Å². The van der Waals surface area contributed by atoms with Crippen molar-refractivity contribution in [2.75, 3.05) is 0 Å². The minimum absolute atomic E-state index is 0.218. The summed E-state index contributed by atoms with van der Waals surface area (Å²) in [5.41, 5.74) is 2.17. The highest BCUT2D eigenvalue weighted by atomic mass is 16.4. The van der Waals surface area contributed by atoms with E-state index in [-0.39, 0.29) is 5.92 Å². The number of aryl methyl sites for hydroxylation is 2. The van der Waals surface area contributed by atoms with E-state index in [1.807, 2.05) is 13.3 Å². The Labute approximate surface area is 82.6 Å². The van der Waals surface area contributed by atoms with Crippen molar-refractivity contribution in [2.45, 2.75) is 32.7 Å². The van der Waals surface area contributed by atoms with Crippen LogP contribution in [0.15, 0.2) is 6.33 Å². The summed E-state index contributed by atoms with van der Waals surface area (Å²) < 4.78 is 2.08. The topological polar surface area (TPSA) is 55.1 Å². The number of nitrogens with zero attached hydrogens (tertiary/aromatic N) is 2. The maximum Gasteiger partial charge on any atom is 0.306 e. The van der Waals surface area contributed by atoms with Crippen LogP contribution in [0.2, 0.25) is 0 Å². The number of fused-ring (bicyclic) bond motifs is 1. The molecule has 1 atom stereocenters. The van der Waals surface area contributed by atoms with Crippen LogP contribution in [0.1, 0.15) is 24.7 Å². The van der Waals surface area contributed by atoms with Gasteiger partial charge in [-0.15, -0.1) is 0 Å². The summed E-state index contributed by atoms with van der Waals surface area (Å²) in [5.74, 6) is -0.899. The van der Waals surface area contributed by atoms with Crippen molar-refractivity contribution in [3.8, 4) is 0 Å². The van der Waals surface area contributed by atoms with Gasteiger partial charge in [0.2, 0.25) is 0 Å². The molecule has 1 aliphatic heterocycles. The van der Waals surface area contributed by atoms with Crippen molar-refractivity contribution in [1.82, 2.24) is 9.55 Å². The summed E-state index contributed by atoms with van der Waals surface area (Å²) in [6, 6.07) is 0. The summed E-state index contributed by atoms with van der Waals surface area (Å²) >= 11 is 0. The number of carboxylic acid groups (broad SMARTS) is 1. The van der Waals surface area contributed by atoms with Crippen LogP contribution in [0.5, 0.6) is 0 Å². The Morgan fingerprint density at radius 1 is 1.79 bits per heavy atom. The van der Waals surface area contributed by atoms with Crippen molar-refractivity contribution in [3.05, 3.63) is 17.7 Å². The monoisotopic (exact) mass is 194 g/mol. The molecule has 4 nitrogen and oxygen atoms in total. The molecule has 2 rings (SSSR count). The molecule has 0 amide bonds. The first-order valence-corrected chi connectivity index (χ1v) is 4.98. The highest BCUT2D eigenvalue weighted by molar-refractivity contribution is 5.70. The molecular weight excluding hydrogens is 180 g/mol. The van der Waals surface area contributed by atoms with Crippen LogP contribution in [-0.4, -0.2) is 20.6 Å². The summed E-state index contributed by atoms with van der Waals surface area (Å²) in [6.07, 6.45) is 4.07. The van der Waals surface area contributed by atoms with Gasteiger partial charge in [0.05, 0.1) is 17.9 Å². The quantitative estimate of drug-likeness (QED) is 0.766. The van der Waals surface area contributed by atoms with Gasteiger partial charge in [-0.3, -0.25) is 4.79 Å². The Morgan fingerprint density at radius 2 is 2.57 bits per heavy atom. The molecule has 0 radical (unpaired) electrons. The molecule has 1 aromatic rings. The first kappa shape index (κ1) is 9.24. The fraction of sp³-hybridized carbons (Fsp3) is 0.600. The van der Waals surface area contributed by atoms with Crippen LogP contribution in [0.3, 0.4) is 0 Å². The van der Waals surface area contributed by atoms with Gasteiger partial charge in [-0.2, -0.15) is 0 Å². The molecule has 76 valence electrons. The zero-order valence-electron chi connectivity index (χ0n) is 8.23. The second-order valence-electron chi connectivity index (χ2n) is 3.71. The smallest absolute Gasteiger partial charge is 0.306 e. The van der Waals surface area contributed by atoms with E-state index in [0.29, 0.717) is 6.42 Å². The van der Waals surface area contributed by atoms with Crippen molar-refractivity contribution in [3.63, 3.8) is 0 Å². The number of aliphatic carboxylic acids is 1. The fourth-order valence-corrected chi connectivity index (χ4v) is 2.01. The number of hydrogen-bond donors (Lipinski definition) is 1. The Balaban J connectivity index is 2.27. The van der Waals surface area contributed by atoms with Crippen LogP contribution in [-0.2, 0) is 24.2 Å². The first-order chi connectivity index (χ1) is 6.72. The van der Waals surface area contributed by atoms with E-state index < -0.39 is 5.97 Å². The Bertz CT molecular complexity index is 344. The van der Waals surface area contributed by atoms with E-state index in [1.54, 1.807) is 0 Å². The molecule has 2 heterocycles. The second kappa shape index (κ2) is 3.44. The van der Waals surface area contributed by atoms with Gasteiger partial charge in [0.1, 0.15) is 0 Å². The number of carboxylic acids is 1. The van der Waals surface area contributed by atoms with E-state index in [1.165, 1.54) is 0 Å². The summed E-state index contributed by atoms with van der Waals surface area (Å²) in [5, 5.41) is 8.94. The Hall–Kier alpha value is -1.32. The highest BCUT2D eigenvalue weighted by Gasteiger charge is 2.26. The van der Waals surface area contributed by atoms with Crippen molar-refractivity contribution in [1.29, 1.82) is 0 Å². The molecule has 1 N–H and O–H groups in total. The normalized spacial score (nSPS) is 20.5. The van der Waals surface area contributed by atoms with Gasteiger partial charge in [-0.1, -0.05) is 6.92 Å². The molecule has 1 unspecified atom stereocenters. The van der Waals surface area contributed by atoms with E-state index in [9.17, 15) is 4.79 Å². The van der Waals surface area contributed by atoms with Gasteiger partial charge in [0.15, 0.2) is 0 Å². The van der Waals surface area contributed by atoms with Gasteiger partial charge < -0.3 is 9.67 Å². The van der Waals surface area contributed by atoms with Gasteiger partial charge in [0.25, 0.3) is 0 Å². The molecule has 0 fully saturated rings. The standard InChI is InChI=1S/C10H14N2O2/c1-2-8-9-5-7(10(13)14)3-4-12(9)6-11-8/h6-7H,2-5H2,1H3,(H,13,14). The molecule has 1 aliphatic rings. The molecule has 0 bridgehead atoms. The minimum atomic E-state index is -0.681. The van der Waals surface area contributed by atoms with Crippen LogP contribution in [0.4, 0.5) is 0 Å². The molecule has 14 heavy (non-hydrogen) atoms. The lowest BCUT2D eigenvalue weighted by Crippen LogP contribution is -2.25. The van der Waals surface area contributed by atoms with Gasteiger partial charge in [-0.25, -0.2) is 4.98 Å². The summed E-state index contributed by atoms with van der Waals surface area (Å²) in [7, 11) is 0. The number of carbonyl (C=O) groups is 1. The third-order valence-electron chi connectivity index (χ3n) is 2.88. The molecular formula is C10H14N2O2. The Kier molecular flexibility index (Phi) is 2.27. The number of imidazole rings is 1. The number of rotatable bonds is 2. The molecule has 0 aliphatic carbocycles. The summed E-state index contributed by atoms with van der Waals surface area (Å²) in [6.45, 7) is 2.84. The fourth-order valence-electron chi connectivity index (χ4n) is 2.01. The third-order valence-corrected chi connectivity index (χ3v) is 2.88. The Morgan fingerprint density at radius 3 is 3.21 bits per heavy atom. The lowest BCUT2D eigenvalue weighted by Gasteiger charge is -2.21. The maximum atomic E-state index is 10.9. The van der Waals surface area contributed by atoms with Crippen molar-refractivity contribution in [2.24, 2.45) is 5.92 Å². The minimum Gasteiger partial charge on any atom is -0.481 e. The molecule has 0 spiro atoms. The average molecular weight is 194 g/mol. The molecule has 0 saturated carbocycles. The largest absolute Gasteiger partial charge is 0.481 e.